The number of carbonyl (C=O) groups excluding carboxylic acids is 1. The van der Waals surface area contributed by atoms with Crippen molar-refractivity contribution in [1.82, 2.24) is 10.2 Å². The Labute approximate surface area is 119 Å². The number of hydrogen-bond acceptors (Lipinski definition) is 5. The van der Waals surface area contributed by atoms with Crippen LogP contribution < -0.4 is 10.6 Å². The van der Waals surface area contributed by atoms with E-state index < -0.39 is 11.3 Å². The number of hydrogen-bond donors (Lipinski definition) is 1. The maximum atomic E-state index is 13.7. The summed E-state index contributed by atoms with van der Waals surface area (Å²) in [5, 5.41) is 8.48. The van der Waals surface area contributed by atoms with Crippen molar-refractivity contribution in [2.45, 2.75) is 6.42 Å². The highest BCUT2D eigenvalue weighted by atomic mass is 32.1. The van der Waals surface area contributed by atoms with E-state index in [0.29, 0.717) is 25.1 Å². The number of anilines is 1. The van der Waals surface area contributed by atoms with Crippen molar-refractivity contribution in [3.63, 3.8) is 0 Å². The predicted octanol–water partition coefficient (Wildman–Crippen LogP) is 1.21. The molecule has 0 aliphatic carbocycles. The smallest absolute Gasteiger partial charge is 0.227 e. The van der Waals surface area contributed by atoms with Gasteiger partial charge in [0.15, 0.2) is 0 Å². The fourth-order valence-electron chi connectivity index (χ4n) is 2.49. The fourth-order valence-corrected chi connectivity index (χ4v) is 3.05. The monoisotopic (exact) mass is 292 g/mol. The van der Waals surface area contributed by atoms with Crippen molar-refractivity contribution < 1.29 is 9.18 Å². The van der Waals surface area contributed by atoms with Crippen LogP contribution in [0.3, 0.4) is 0 Å². The third-order valence-electron chi connectivity index (χ3n) is 3.62. The molecule has 0 bridgehead atoms. The minimum Gasteiger partial charge on any atom is -0.369 e. The maximum absolute atomic E-state index is 13.7. The Morgan fingerprint density at radius 2 is 2.20 bits per heavy atom. The molecule has 1 saturated heterocycles. The summed E-state index contributed by atoms with van der Waals surface area (Å²) in [4.78, 5) is 13.7. The molecule has 3 rings (SSSR count). The molecule has 20 heavy (non-hydrogen) atoms. The molecule has 5 nitrogen and oxygen atoms in total. The Hall–Kier alpha value is -2.02. The van der Waals surface area contributed by atoms with Crippen LogP contribution >= 0.6 is 11.3 Å². The van der Waals surface area contributed by atoms with Crippen molar-refractivity contribution in [2.75, 3.05) is 18.0 Å². The standard InChI is InChI=1S/C13H13FN4OS/c14-10-4-2-1-3-9(10)5-13(11(15)19)6-18(7-13)12-17-16-8-20-12/h1-4,8H,5-7H2,(H2,15,19). The largest absolute Gasteiger partial charge is 0.369 e. The van der Waals surface area contributed by atoms with Crippen LogP contribution in [0.1, 0.15) is 5.56 Å². The van der Waals surface area contributed by atoms with E-state index in [4.69, 9.17) is 5.73 Å². The molecule has 0 radical (unpaired) electrons. The van der Waals surface area contributed by atoms with Gasteiger partial charge < -0.3 is 10.6 Å². The average Bonchev–Trinajstić information content (AvgIpc) is 2.88. The van der Waals surface area contributed by atoms with Gasteiger partial charge >= 0.3 is 0 Å². The number of aromatic nitrogens is 2. The zero-order valence-electron chi connectivity index (χ0n) is 10.6. The SMILES string of the molecule is NC(=O)C1(Cc2ccccc2F)CN(c2nncs2)C1. The lowest BCUT2D eigenvalue weighted by Crippen LogP contribution is -2.63. The Kier molecular flexibility index (Phi) is 3.13. The van der Waals surface area contributed by atoms with Crippen molar-refractivity contribution in [3.8, 4) is 0 Å². The summed E-state index contributed by atoms with van der Waals surface area (Å²) in [6.45, 7) is 0.901. The first-order valence-corrected chi connectivity index (χ1v) is 7.03. The van der Waals surface area contributed by atoms with E-state index in [1.807, 2.05) is 4.90 Å². The molecule has 1 aliphatic heterocycles. The molecular weight excluding hydrogens is 279 g/mol. The van der Waals surface area contributed by atoms with E-state index in [-0.39, 0.29) is 5.82 Å². The van der Waals surface area contributed by atoms with Gasteiger partial charge in [-0.2, -0.15) is 0 Å². The van der Waals surface area contributed by atoms with E-state index >= 15 is 0 Å². The molecule has 104 valence electrons. The third-order valence-corrected chi connectivity index (χ3v) is 4.37. The molecule has 1 aromatic carbocycles. The van der Waals surface area contributed by atoms with Gasteiger partial charge in [0.25, 0.3) is 0 Å². The van der Waals surface area contributed by atoms with Crippen LogP contribution in [0.4, 0.5) is 9.52 Å². The fraction of sp³-hybridized carbons (Fsp3) is 0.308. The summed E-state index contributed by atoms with van der Waals surface area (Å²) in [5.41, 5.74) is 6.95. The molecule has 0 unspecified atom stereocenters. The van der Waals surface area contributed by atoms with Gasteiger partial charge in [-0.05, 0) is 18.1 Å². The summed E-state index contributed by atoms with van der Waals surface area (Å²) in [7, 11) is 0. The van der Waals surface area contributed by atoms with E-state index in [2.05, 4.69) is 10.2 Å². The molecular formula is C13H13FN4OS. The highest BCUT2D eigenvalue weighted by Gasteiger charge is 2.49. The van der Waals surface area contributed by atoms with E-state index in [1.165, 1.54) is 17.4 Å². The van der Waals surface area contributed by atoms with Crippen LogP contribution in [0.2, 0.25) is 0 Å². The molecule has 2 heterocycles. The van der Waals surface area contributed by atoms with Crippen LogP contribution in [0, 0.1) is 11.2 Å². The number of rotatable bonds is 4. The van der Waals surface area contributed by atoms with Gasteiger partial charge in [0.1, 0.15) is 11.3 Å². The predicted molar refractivity (Wildman–Crippen MR) is 73.9 cm³/mol. The van der Waals surface area contributed by atoms with Gasteiger partial charge in [-0.1, -0.05) is 29.5 Å². The first kappa shape index (κ1) is 13.0. The molecule has 0 atom stereocenters. The lowest BCUT2D eigenvalue weighted by Gasteiger charge is -2.47. The zero-order chi connectivity index (χ0) is 14.2. The Bertz CT molecular complexity index is 625. The van der Waals surface area contributed by atoms with E-state index in [9.17, 15) is 9.18 Å². The second-order valence-electron chi connectivity index (χ2n) is 4.99. The Morgan fingerprint density at radius 1 is 1.45 bits per heavy atom. The molecule has 0 saturated carbocycles. The molecule has 2 N–H and O–H groups in total. The molecule has 1 amide bonds. The lowest BCUT2D eigenvalue weighted by atomic mass is 9.74. The quantitative estimate of drug-likeness (QED) is 0.919. The summed E-state index contributed by atoms with van der Waals surface area (Å²) in [6.07, 6.45) is 0.310. The van der Waals surface area contributed by atoms with Crippen LogP contribution in [0.25, 0.3) is 0 Å². The van der Waals surface area contributed by atoms with Crippen LogP contribution in [0.5, 0.6) is 0 Å². The molecule has 0 spiro atoms. The van der Waals surface area contributed by atoms with Crippen LogP contribution in [-0.4, -0.2) is 29.2 Å². The Morgan fingerprint density at radius 3 is 2.80 bits per heavy atom. The van der Waals surface area contributed by atoms with Gasteiger partial charge in [0, 0.05) is 13.1 Å². The summed E-state index contributed by atoms with van der Waals surface area (Å²) in [6, 6.07) is 6.47. The minimum absolute atomic E-state index is 0.303. The van der Waals surface area contributed by atoms with Crippen molar-refractivity contribution >= 4 is 22.4 Å². The molecule has 2 aromatic rings. The number of benzene rings is 1. The molecule has 1 aliphatic rings. The van der Waals surface area contributed by atoms with Crippen LogP contribution in [-0.2, 0) is 11.2 Å². The zero-order valence-corrected chi connectivity index (χ0v) is 11.4. The Balaban J connectivity index is 1.79. The van der Waals surface area contributed by atoms with Gasteiger partial charge in [0.05, 0.1) is 5.41 Å². The lowest BCUT2D eigenvalue weighted by molar-refractivity contribution is -0.129. The molecule has 1 aromatic heterocycles. The highest BCUT2D eigenvalue weighted by Crippen LogP contribution is 2.38. The van der Waals surface area contributed by atoms with Crippen molar-refractivity contribution in [3.05, 3.63) is 41.2 Å². The van der Waals surface area contributed by atoms with Gasteiger partial charge in [-0.15, -0.1) is 10.2 Å². The minimum atomic E-state index is -0.728. The van der Waals surface area contributed by atoms with Gasteiger partial charge in [-0.3, -0.25) is 4.79 Å². The van der Waals surface area contributed by atoms with Crippen molar-refractivity contribution in [1.29, 1.82) is 0 Å². The second-order valence-corrected chi connectivity index (χ2v) is 5.80. The first-order chi connectivity index (χ1) is 9.61. The third kappa shape index (κ3) is 2.14. The van der Waals surface area contributed by atoms with Crippen molar-refractivity contribution in [2.24, 2.45) is 11.1 Å². The number of primary amides is 1. The number of nitrogens with two attached hydrogens (primary N) is 1. The number of nitrogens with zero attached hydrogens (tertiary/aromatic N) is 3. The number of carbonyl (C=O) groups is 1. The number of halogens is 1. The van der Waals surface area contributed by atoms with E-state index in [1.54, 1.807) is 23.7 Å². The highest BCUT2D eigenvalue weighted by molar-refractivity contribution is 7.13. The molecule has 1 fully saturated rings. The summed E-state index contributed by atoms with van der Waals surface area (Å²) in [5.74, 6) is -0.705. The molecule has 7 heteroatoms. The second kappa shape index (κ2) is 4.82. The summed E-state index contributed by atoms with van der Waals surface area (Å²) < 4.78 is 13.7. The maximum Gasteiger partial charge on any atom is 0.227 e. The van der Waals surface area contributed by atoms with Gasteiger partial charge in [-0.25, -0.2) is 4.39 Å². The number of amides is 1. The summed E-state index contributed by atoms with van der Waals surface area (Å²) >= 11 is 1.41. The average molecular weight is 292 g/mol. The van der Waals surface area contributed by atoms with Crippen LogP contribution in [0.15, 0.2) is 29.8 Å². The van der Waals surface area contributed by atoms with E-state index in [0.717, 1.165) is 5.13 Å². The first-order valence-electron chi connectivity index (χ1n) is 6.15. The topological polar surface area (TPSA) is 72.1 Å². The van der Waals surface area contributed by atoms with Gasteiger partial charge in [0.2, 0.25) is 11.0 Å². The normalized spacial score (nSPS) is 16.8.